The molecule has 2 unspecified atom stereocenters. The minimum atomic E-state index is -0.513. The molecule has 104 valence electrons. The van der Waals surface area contributed by atoms with Crippen LogP contribution in [-0.2, 0) is 0 Å². The Morgan fingerprint density at radius 1 is 1.47 bits per heavy atom. The first-order valence-corrected chi connectivity index (χ1v) is 6.52. The summed E-state index contributed by atoms with van der Waals surface area (Å²) in [6, 6.07) is 4.16. The highest BCUT2D eigenvalue weighted by Gasteiger charge is 2.18. The van der Waals surface area contributed by atoms with Gasteiger partial charge in [-0.05, 0) is 25.3 Å². The van der Waals surface area contributed by atoms with Crippen LogP contribution < -0.4 is 5.32 Å². The number of nitro groups is 1. The van der Waals surface area contributed by atoms with Gasteiger partial charge in [0.05, 0.1) is 4.92 Å². The fourth-order valence-electron chi connectivity index (χ4n) is 1.53. The Bertz CT molecular complexity index is 491. The average Bonchev–Trinajstić information content (AvgIpc) is 2.37. The molecule has 0 saturated carbocycles. The summed E-state index contributed by atoms with van der Waals surface area (Å²) < 4.78 is 0. The van der Waals surface area contributed by atoms with Crippen molar-refractivity contribution in [2.75, 3.05) is 5.88 Å². The van der Waals surface area contributed by atoms with Crippen LogP contribution in [-0.4, -0.2) is 22.8 Å². The van der Waals surface area contributed by atoms with Crippen molar-refractivity contribution in [3.05, 3.63) is 39.4 Å². The van der Waals surface area contributed by atoms with E-state index in [9.17, 15) is 14.9 Å². The van der Waals surface area contributed by atoms with Crippen LogP contribution >= 0.6 is 11.6 Å². The van der Waals surface area contributed by atoms with E-state index < -0.39 is 4.92 Å². The van der Waals surface area contributed by atoms with E-state index in [4.69, 9.17) is 11.6 Å². The molecule has 0 aromatic heterocycles. The summed E-state index contributed by atoms with van der Waals surface area (Å²) in [5, 5.41) is 13.5. The number of nitrogens with zero attached hydrogens (tertiary/aromatic N) is 1. The van der Waals surface area contributed by atoms with Crippen LogP contribution in [0.5, 0.6) is 0 Å². The molecule has 6 heteroatoms. The van der Waals surface area contributed by atoms with Crippen molar-refractivity contribution in [2.45, 2.75) is 26.8 Å². The summed E-state index contributed by atoms with van der Waals surface area (Å²) >= 11 is 5.73. The molecule has 0 aliphatic carbocycles. The van der Waals surface area contributed by atoms with Gasteiger partial charge in [-0.1, -0.05) is 13.0 Å². The summed E-state index contributed by atoms with van der Waals surface area (Å²) in [6.45, 7) is 5.53. The van der Waals surface area contributed by atoms with Crippen molar-refractivity contribution in [1.29, 1.82) is 0 Å². The second-order valence-electron chi connectivity index (χ2n) is 4.65. The number of nitrogens with one attached hydrogen (secondary N) is 1. The van der Waals surface area contributed by atoms with Gasteiger partial charge < -0.3 is 5.32 Å². The fourth-order valence-corrected chi connectivity index (χ4v) is 1.80. The van der Waals surface area contributed by atoms with Gasteiger partial charge in [-0.3, -0.25) is 14.9 Å². The maximum atomic E-state index is 12.1. The zero-order valence-electron chi connectivity index (χ0n) is 11.1. The average molecular weight is 285 g/mol. The topological polar surface area (TPSA) is 72.2 Å². The smallest absolute Gasteiger partial charge is 0.270 e. The SMILES string of the molecule is Cc1ccc([N+](=O)[O-])cc1C(=O)NC(C)C(C)CCl. The predicted octanol–water partition coefficient (Wildman–Crippen LogP) is 2.90. The minimum Gasteiger partial charge on any atom is -0.349 e. The molecule has 5 nitrogen and oxygen atoms in total. The van der Waals surface area contributed by atoms with E-state index >= 15 is 0 Å². The maximum absolute atomic E-state index is 12.1. The van der Waals surface area contributed by atoms with E-state index in [-0.39, 0.29) is 23.6 Å². The lowest BCUT2D eigenvalue weighted by molar-refractivity contribution is -0.384. The molecule has 1 aromatic rings. The number of non-ortho nitro benzene ring substituents is 1. The summed E-state index contributed by atoms with van der Waals surface area (Å²) in [5.74, 6) is 0.255. The third-order valence-corrected chi connectivity index (χ3v) is 3.62. The normalized spacial score (nSPS) is 13.7. The first-order valence-electron chi connectivity index (χ1n) is 5.98. The lowest BCUT2D eigenvalue weighted by atomic mass is 10.0. The second-order valence-corrected chi connectivity index (χ2v) is 4.96. The molecule has 0 fully saturated rings. The van der Waals surface area contributed by atoms with E-state index in [1.165, 1.54) is 12.1 Å². The van der Waals surface area contributed by atoms with Gasteiger partial charge in [-0.15, -0.1) is 11.6 Å². The van der Waals surface area contributed by atoms with Gasteiger partial charge in [-0.25, -0.2) is 0 Å². The van der Waals surface area contributed by atoms with Gasteiger partial charge in [0.25, 0.3) is 11.6 Å². The molecule has 0 aliphatic rings. The van der Waals surface area contributed by atoms with E-state index in [0.717, 1.165) is 0 Å². The Morgan fingerprint density at radius 2 is 2.11 bits per heavy atom. The van der Waals surface area contributed by atoms with Crippen LogP contribution in [0.4, 0.5) is 5.69 Å². The molecule has 19 heavy (non-hydrogen) atoms. The Kier molecular flexibility index (Phi) is 5.30. The zero-order chi connectivity index (χ0) is 14.6. The van der Waals surface area contributed by atoms with Gasteiger partial charge in [0.1, 0.15) is 0 Å². The largest absolute Gasteiger partial charge is 0.349 e. The molecule has 2 atom stereocenters. The number of alkyl halides is 1. The highest BCUT2D eigenvalue weighted by Crippen LogP contribution is 2.17. The van der Waals surface area contributed by atoms with Crippen LogP contribution in [0.1, 0.15) is 29.8 Å². The number of carbonyl (C=O) groups is 1. The van der Waals surface area contributed by atoms with E-state index in [1.807, 2.05) is 13.8 Å². The molecule has 1 aromatic carbocycles. The van der Waals surface area contributed by atoms with Crippen molar-refractivity contribution >= 4 is 23.2 Å². The molecule has 0 heterocycles. The molecule has 0 radical (unpaired) electrons. The summed E-state index contributed by atoms with van der Waals surface area (Å²) in [4.78, 5) is 22.3. The fraction of sp³-hybridized carbons (Fsp3) is 0.462. The van der Waals surface area contributed by atoms with Crippen LogP contribution in [0.25, 0.3) is 0 Å². The Labute approximate surface area is 117 Å². The number of rotatable bonds is 5. The summed E-state index contributed by atoms with van der Waals surface area (Å²) in [6.07, 6.45) is 0. The molecule has 0 aliphatic heterocycles. The van der Waals surface area contributed by atoms with Crippen molar-refractivity contribution in [1.82, 2.24) is 5.32 Å². The van der Waals surface area contributed by atoms with Crippen molar-refractivity contribution in [3.63, 3.8) is 0 Å². The first kappa shape index (κ1) is 15.4. The highest BCUT2D eigenvalue weighted by molar-refractivity contribution is 6.18. The van der Waals surface area contributed by atoms with Crippen LogP contribution in [0.2, 0.25) is 0 Å². The monoisotopic (exact) mass is 284 g/mol. The number of hydrogen-bond donors (Lipinski definition) is 1. The third-order valence-electron chi connectivity index (χ3n) is 3.13. The third kappa shape index (κ3) is 3.92. The standard InChI is InChI=1S/C13H17ClN2O3/c1-8-4-5-11(16(18)19)6-12(8)13(17)15-10(3)9(2)7-14/h4-6,9-10H,7H2,1-3H3,(H,15,17). The molecule has 0 saturated heterocycles. The number of hydrogen-bond acceptors (Lipinski definition) is 3. The lowest BCUT2D eigenvalue weighted by Crippen LogP contribution is -2.38. The lowest BCUT2D eigenvalue weighted by Gasteiger charge is -2.19. The van der Waals surface area contributed by atoms with Gasteiger partial charge in [0.2, 0.25) is 0 Å². The van der Waals surface area contributed by atoms with E-state index in [0.29, 0.717) is 17.0 Å². The number of halogens is 1. The predicted molar refractivity (Wildman–Crippen MR) is 74.6 cm³/mol. The number of benzene rings is 1. The molecule has 1 amide bonds. The van der Waals surface area contributed by atoms with Crippen LogP contribution in [0, 0.1) is 23.0 Å². The zero-order valence-corrected chi connectivity index (χ0v) is 11.9. The first-order chi connectivity index (χ1) is 8.86. The molecule has 1 N–H and O–H groups in total. The Balaban J connectivity index is 2.93. The van der Waals surface area contributed by atoms with Gasteiger partial charge in [0.15, 0.2) is 0 Å². The van der Waals surface area contributed by atoms with Crippen LogP contribution in [0.3, 0.4) is 0 Å². The van der Waals surface area contributed by atoms with Crippen molar-refractivity contribution < 1.29 is 9.72 Å². The highest BCUT2D eigenvalue weighted by atomic mass is 35.5. The summed E-state index contributed by atoms with van der Waals surface area (Å²) in [5.41, 5.74) is 0.936. The number of amides is 1. The second kappa shape index (κ2) is 6.52. The van der Waals surface area contributed by atoms with Crippen LogP contribution in [0.15, 0.2) is 18.2 Å². The quantitative estimate of drug-likeness (QED) is 0.513. The number of nitro benzene ring substituents is 1. The molecule has 1 rings (SSSR count). The van der Waals surface area contributed by atoms with E-state index in [1.54, 1.807) is 13.0 Å². The Morgan fingerprint density at radius 3 is 2.63 bits per heavy atom. The minimum absolute atomic E-state index is 0.0891. The molecule has 0 spiro atoms. The molecular weight excluding hydrogens is 268 g/mol. The molecular formula is C13H17ClN2O3. The Hall–Kier alpha value is -1.62. The van der Waals surface area contributed by atoms with Gasteiger partial charge in [0, 0.05) is 29.6 Å². The number of carbonyl (C=O) groups excluding carboxylic acids is 1. The van der Waals surface area contributed by atoms with Gasteiger partial charge in [-0.2, -0.15) is 0 Å². The van der Waals surface area contributed by atoms with E-state index in [2.05, 4.69) is 5.32 Å². The van der Waals surface area contributed by atoms with Crippen molar-refractivity contribution in [2.24, 2.45) is 5.92 Å². The maximum Gasteiger partial charge on any atom is 0.270 e. The van der Waals surface area contributed by atoms with Gasteiger partial charge >= 0.3 is 0 Å². The van der Waals surface area contributed by atoms with Crippen molar-refractivity contribution in [3.8, 4) is 0 Å². The number of aryl methyl sites for hydroxylation is 1. The summed E-state index contributed by atoms with van der Waals surface area (Å²) in [7, 11) is 0. The molecule has 0 bridgehead atoms.